The summed E-state index contributed by atoms with van der Waals surface area (Å²) in [5.41, 5.74) is -1.20. The highest BCUT2D eigenvalue weighted by Gasteiger charge is 2.55. The van der Waals surface area contributed by atoms with Gasteiger partial charge in [0.15, 0.2) is 6.61 Å². The minimum Gasteiger partial charge on any atom is -0.484 e. The molecule has 4 aliphatic rings. The van der Waals surface area contributed by atoms with Crippen LogP contribution in [0.2, 0.25) is 5.02 Å². The maximum atomic E-state index is 13.5. The number of hydrogen-bond acceptors (Lipinski definition) is 5. The van der Waals surface area contributed by atoms with Gasteiger partial charge in [0.1, 0.15) is 17.7 Å². The zero-order valence-corrected chi connectivity index (χ0v) is 18.2. The van der Waals surface area contributed by atoms with Crippen molar-refractivity contribution in [3.63, 3.8) is 0 Å². The molecule has 3 saturated carbocycles. The first-order valence-electron chi connectivity index (χ1n) is 10.7. The van der Waals surface area contributed by atoms with E-state index in [0.717, 1.165) is 12.5 Å². The van der Waals surface area contributed by atoms with Gasteiger partial charge in [0.25, 0.3) is 5.91 Å². The number of fused-ring (bicyclic) bond motifs is 3. The van der Waals surface area contributed by atoms with E-state index < -0.39 is 29.1 Å². The minimum atomic E-state index is -0.782. The summed E-state index contributed by atoms with van der Waals surface area (Å²) >= 11 is 5.64. The first kappa shape index (κ1) is 22.3. The number of benzene rings is 1. The summed E-state index contributed by atoms with van der Waals surface area (Å²) in [6.45, 7) is 1.66. The average molecular weight is 455 g/mol. The van der Waals surface area contributed by atoms with Crippen LogP contribution in [0.5, 0.6) is 5.75 Å². The Labute approximate surface area is 185 Å². The lowest BCUT2D eigenvalue weighted by Crippen LogP contribution is -2.70. The Balaban J connectivity index is 1.31. The van der Waals surface area contributed by atoms with E-state index in [1.54, 1.807) is 0 Å². The highest BCUT2D eigenvalue weighted by molar-refractivity contribution is 6.30. The van der Waals surface area contributed by atoms with Gasteiger partial charge in [-0.2, -0.15) is 0 Å². The quantitative estimate of drug-likeness (QED) is 0.613. The van der Waals surface area contributed by atoms with Gasteiger partial charge in [0.2, 0.25) is 5.91 Å². The van der Waals surface area contributed by atoms with Crippen molar-refractivity contribution in [3.8, 4) is 5.75 Å². The van der Waals surface area contributed by atoms with Gasteiger partial charge in [-0.05, 0) is 64.0 Å². The summed E-state index contributed by atoms with van der Waals surface area (Å²) in [7, 11) is 0. The first-order chi connectivity index (χ1) is 14.7. The Morgan fingerprint density at radius 3 is 2.61 bits per heavy atom. The van der Waals surface area contributed by atoms with Crippen molar-refractivity contribution in [3.05, 3.63) is 29.0 Å². The SMILES string of the molecule is CC1CCC(C(=O)NC23CCC(NC(=O)COc4ccc(Cl)c(F)c4)(CC2)C(O)C3)O1. The summed E-state index contributed by atoms with van der Waals surface area (Å²) in [4.78, 5) is 25.1. The van der Waals surface area contributed by atoms with Crippen LogP contribution in [-0.2, 0) is 14.3 Å². The molecule has 3 aliphatic carbocycles. The molecule has 1 aromatic carbocycles. The number of nitrogens with one attached hydrogen (secondary N) is 2. The number of aliphatic hydroxyl groups is 1. The fraction of sp³-hybridized carbons (Fsp3) is 0.636. The Hall–Kier alpha value is -1.90. The number of hydrogen-bond donors (Lipinski definition) is 3. The van der Waals surface area contributed by atoms with Crippen LogP contribution in [-0.4, -0.2) is 52.9 Å². The predicted octanol–water partition coefficient (Wildman–Crippen LogP) is 2.47. The Morgan fingerprint density at radius 2 is 2.00 bits per heavy atom. The highest BCUT2D eigenvalue weighted by Crippen LogP contribution is 2.47. The Kier molecular flexibility index (Phi) is 6.16. The molecule has 9 heteroatoms. The van der Waals surface area contributed by atoms with E-state index in [-0.39, 0.29) is 35.3 Å². The van der Waals surface area contributed by atoms with Gasteiger partial charge in [-0.3, -0.25) is 9.59 Å². The standard InChI is InChI=1S/C22H28ClFN2O5/c1-13-2-5-17(31-13)20(29)26-21-6-8-22(9-7-21,18(27)11-21)25-19(28)12-30-14-3-4-15(23)16(24)10-14/h3-4,10,13,17-18,27H,2,5-9,11-12H2,1H3,(H,25,28)(H,26,29). The third-order valence-electron chi connectivity index (χ3n) is 6.88. The predicted molar refractivity (Wildman–Crippen MR) is 111 cm³/mol. The fourth-order valence-electron chi connectivity index (χ4n) is 5.03. The van der Waals surface area contributed by atoms with E-state index in [4.69, 9.17) is 21.1 Å². The lowest BCUT2D eigenvalue weighted by molar-refractivity contribution is -0.141. The van der Waals surface area contributed by atoms with Crippen LogP contribution < -0.4 is 15.4 Å². The number of carbonyl (C=O) groups excluding carboxylic acids is 2. The van der Waals surface area contributed by atoms with Crippen LogP contribution in [0.4, 0.5) is 4.39 Å². The molecule has 0 spiro atoms. The highest BCUT2D eigenvalue weighted by atomic mass is 35.5. The van der Waals surface area contributed by atoms with Gasteiger partial charge in [0.05, 0.1) is 22.8 Å². The molecule has 3 N–H and O–H groups in total. The molecular formula is C22H28ClFN2O5. The second-order valence-electron chi connectivity index (χ2n) is 9.07. The Bertz CT molecular complexity index is 858. The molecule has 0 aromatic heterocycles. The minimum absolute atomic E-state index is 0.0206. The average Bonchev–Trinajstić information content (AvgIpc) is 3.17. The topological polar surface area (TPSA) is 96.9 Å². The monoisotopic (exact) mass is 454 g/mol. The van der Waals surface area contributed by atoms with Crippen LogP contribution in [0.3, 0.4) is 0 Å². The van der Waals surface area contributed by atoms with Crippen LogP contribution >= 0.6 is 11.6 Å². The molecule has 7 nitrogen and oxygen atoms in total. The molecule has 0 radical (unpaired) electrons. The number of ether oxygens (including phenoxy) is 2. The maximum absolute atomic E-state index is 13.5. The lowest BCUT2D eigenvalue weighted by Gasteiger charge is -2.56. The number of rotatable bonds is 6. The molecule has 2 bridgehead atoms. The van der Waals surface area contributed by atoms with E-state index in [9.17, 15) is 19.1 Å². The van der Waals surface area contributed by atoms with Gasteiger partial charge >= 0.3 is 0 Å². The molecule has 2 amide bonds. The van der Waals surface area contributed by atoms with Crippen molar-refractivity contribution in [2.24, 2.45) is 0 Å². The molecule has 1 saturated heterocycles. The summed E-state index contributed by atoms with van der Waals surface area (Å²) in [5, 5.41) is 16.9. The third-order valence-corrected chi connectivity index (χ3v) is 7.19. The van der Waals surface area contributed by atoms with E-state index in [0.29, 0.717) is 38.5 Å². The summed E-state index contributed by atoms with van der Waals surface area (Å²) < 4.78 is 24.5. The number of halogens is 2. The molecule has 1 aliphatic heterocycles. The van der Waals surface area contributed by atoms with Gasteiger partial charge < -0.3 is 25.2 Å². The summed E-state index contributed by atoms with van der Waals surface area (Å²) in [5.74, 6) is -0.920. The Morgan fingerprint density at radius 1 is 1.26 bits per heavy atom. The van der Waals surface area contributed by atoms with Crippen LogP contribution in [0.1, 0.15) is 51.9 Å². The van der Waals surface area contributed by atoms with Crippen molar-refractivity contribution in [1.29, 1.82) is 0 Å². The van der Waals surface area contributed by atoms with Crippen molar-refractivity contribution in [2.45, 2.75) is 81.3 Å². The van der Waals surface area contributed by atoms with Gasteiger partial charge in [-0.25, -0.2) is 4.39 Å². The molecule has 4 fully saturated rings. The van der Waals surface area contributed by atoms with Crippen molar-refractivity contribution in [2.75, 3.05) is 6.61 Å². The molecule has 1 aromatic rings. The van der Waals surface area contributed by atoms with Crippen LogP contribution in [0.15, 0.2) is 18.2 Å². The second kappa shape index (κ2) is 8.56. The number of amides is 2. The molecular weight excluding hydrogens is 427 g/mol. The van der Waals surface area contributed by atoms with Crippen LogP contribution in [0, 0.1) is 5.82 Å². The van der Waals surface area contributed by atoms with Crippen molar-refractivity contribution >= 4 is 23.4 Å². The number of carbonyl (C=O) groups is 2. The van der Waals surface area contributed by atoms with E-state index in [2.05, 4.69) is 10.6 Å². The smallest absolute Gasteiger partial charge is 0.258 e. The van der Waals surface area contributed by atoms with E-state index in [1.165, 1.54) is 12.1 Å². The first-order valence-corrected chi connectivity index (χ1v) is 11.1. The summed E-state index contributed by atoms with van der Waals surface area (Å²) in [6, 6.07) is 3.97. The zero-order valence-electron chi connectivity index (χ0n) is 17.5. The zero-order chi connectivity index (χ0) is 22.2. The second-order valence-corrected chi connectivity index (χ2v) is 9.48. The largest absolute Gasteiger partial charge is 0.484 e. The van der Waals surface area contributed by atoms with Gasteiger partial charge in [0, 0.05) is 11.6 Å². The van der Waals surface area contributed by atoms with Crippen LogP contribution in [0.25, 0.3) is 0 Å². The normalized spacial score (nSPS) is 34.4. The summed E-state index contributed by atoms with van der Waals surface area (Å²) in [6.07, 6.45) is 3.28. The molecule has 3 unspecified atom stereocenters. The lowest BCUT2D eigenvalue weighted by atomic mass is 9.60. The van der Waals surface area contributed by atoms with Crippen molar-refractivity contribution < 1.29 is 28.6 Å². The van der Waals surface area contributed by atoms with Gasteiger partial charge in [-0.1, -0.05) is 11.6 Å². The fourth-order valence-corrected chi connectivity index (χ4v) is 5.15. The molecule has 1 heterocycles. The van der Waals surface area contributed by atoms with Crippen molar-refractivity contribution in [1.82, 2.24) is 10.6 Å². The molecule has 170 valence electrons. The van der Waals surface area contributed by atoms with E-state index >= 15 is 0 Å². The molecule has 31 heavy (non-hydrogen) atoms. The molecule has 5 rings (SSSR count). The maximum Gasteiger partial charge on any atom is 0.258 e. The third kappa shape index (κ3) is 4.66. The van der Waals surface area contributed by atoms with E-state index in [1.807, 2.05) is 6.92 Å². The number of aliphatic hydroxyl groups excluding tert-OH is 1. The molecule has 3 atom stereocenters. The van der Waals surface area contributed by atoms with Gasteiger partial charge in [-0.15, -0.1) is 0 Å².